The Balaban J connectivity index is 1.84. The Morgan fingerprint density at radius 3 is 2.33 bits per heavy atom. The quantitative estimate of drug-likeness (QED) is 0.851. The fourth-order valence-electron chi connectivity index (χ4n) is 2.22. The number of aliphatic hydroxyl groups is 1. The van der Waals surface area contributed by atoms with Gasteiger partial charge in [0.05, 0.1) is 11.3 Å². The highest BCUT2D eigenvalue weighted by Gasteiger charge is 2.12. The summed E-state index contributed by atoms with van der Waals surface area (Å²) in [6.07, 6.45) is 3.28. The average molecular weight is 288 g/mol. The largest absolute Gasteiger partial charge is 0.390 e. The number of hydrogen-bond donors (Lipinski definition) is 1. The molecule has 2 rings (SSSR count). The zero-order chi connectivity index (χ0) is 15.3. The van der Waals surface area contributed by atoms with Gasteiger partial charge in [-0.05, 0) is 44.9 Å². The van der Waals surface area contributed by atoms with Gasteiger partial charge in [0, 0.05) is 19.2 Å². The molecule has 4 heteroatoms. The molecule has 0 saturated heterocycles. The van der Waals surface area contributed by atoms with Gasteiger partial charge in [-0.2, -0.15) is 0 Å². The summed E-state index contributed by atoms with van der Waals surface area (Å²) in [6, 6.07) is 10.5. The van der Waals surface area contributed by atoms with Crippen molar-refractivity contribution >= 4 is 0 Å². The minimum absolute atomic E-state index is 0.601. The predicted molar refractivity (Wildman–Crippen MR) is 82.7 cm³/mol. The number of hydrogen-bond acceptors (Lipinski definition) is 4. The van der Waals surface area contributed by atoms with Crippen LogP contribution in [0.25, 0.3) is 0 Å². The summed E-state index contributed by atoms with van der Waals surface area (Å²) >= 11 is 0. The smallest absolute Gasteiger partial charge is 0.124 e. The third kappa shape index (κ3) is 5.69. The molecular formula is C17H24N2O2. The second-order valence-corrected chi connectivity index (χ2v) is 6.29. The van der Waals surface area contributed by atoms with Gasteiger partial charge in [0.25, 0.3) is 0 Å². The van der Waals surface area contributed by atoms with E-state index >= 15 is 0 Å². The number of benzene rings is 1. The second-order valence-electron chi connectivity index (χ2n) is 6.29. The minimum Gasteiger partial charge on any atom is -0.390 e. The van der Waals surface area contributed by atoms with Gasteiger partial charge in [0.15, 0.2) is 0 Å². The van der Waals surface area contributed by atoms with E-state index in [4.69, 9.17) is 4.52 Å². The number of rotatable bonds is 7. The molecule has 0 unspecified atom stereocenters. The molecule has 114 valence electrons. The maximum Gasteiger partial charge on any atom is 0.124 e. The normalized spacial score (nSPS) is 12.0. The van der Waals surface area contributed by atoms with Gasteiger partial charge in [-0.25, -0.2) is 0 Å². The van der Waals surface area contributed by atoms with Crippen LogP contribution >= 0.6 is 0 Å². The summed E-state index contributed by atoms with van der Waals surface area (Å²) in [4.78, 5) is 2.20. The van der Waals surface area contributed by atoms with Crippen molar-refractivity contribution in [1.82, 2.24) is 10.1 Å². The molecule has 0 spiro atoms. The van der Waals surface area contributed by atoms with Crippen molar-refractivity contribution in [3.63, 3.8) is 0 Å². The first-order valence-electron chi connectivity index (χ1n) is 7.30. The van der Waals surface area contributed by atoms with Crippen LogP contribution in [0.1, 0.15) is 37.1 Å². The standard InChI is InChI=1S/C17H24N2O2/c1-17(2,20)10-8-14-4-6-15(7-5-14)12-19(3)13-16-9-11-21-18-16/h4-7,9,11,20H,8,10,12-13H2,1-3H3. The van der Waals surface area contributed by atoms with Gasteiger partial charge in [0.1, 0.15) is 6.26 Å². The van der Waals surface area contributed by atoms with Crippen LogP contribution in [0.15, 0.2) is 41.1 Å². The summed E-state index contributed by atoms with van der Waals surface area (Å²) in [6.45, 7) is 5.34. The van der Waals surface area contributed by atoms with Crippen LogP contribution in [0.2, 0.25) is 0 Å². The third-order valence-electron chi connectivity index (χ3n) is 3.42. The highest BCUT2D eigenvalue weighted by Crippen LogP contribution is 2.14. The van der Waals surface area contributed by atoms with Crippen LogP contribution in [-0.2, 0) is 19.5 Å². The van der Waals surface area contributed by atoms with Crippen molar-refractivity contribution in [2.45, 2.75) is 45.4 Å². The van der Waals surface area contributed by atoms with Crippen LogP contribution in [-0.4, -0.2) is 27.8 Å². The molecule has 0 aliphatic carbocycles. The van der Waals surface area contributed by atoms with Crippen molar-refractivity contribution < 1.29 is 9.63 Å². The lowest BCUT2D eigenvalue weighted by atomic mass is 9.98. The molecule has 2 aromatic rings. The van der Waals surface area contributed by atoms with Crippen LogP contribution in [0.4, 0.5) is 0 Å². The lowest BCUT2D eigenvalue weighted by molar-refractivity contribution is 0.0714. The number of aromatic nitrogens is 1. The van der Waals surface area contributed by atoms with Crippen molar-refractivity contribution in [1.29, 1.82) is 0 Å². The highest BCUT2D eigenvalue weighted by molar-refractivity contribution is 5.22. The highest BCUT2D eigenvalue weighted by atomic mass is 16.5. The van der Waals surface area contributed by atoms with Crippen molar-refractivity contribution in [2.75, 3.05) is 7.05 Å². The maximum atomic E-state index is 9.75. The van der Waals surface area contributed by atoms with Crippen molar-refractivity contribution in [3.8, 4) is 0 Å². The molecule has 0 fully saturated rings. The van der Waals surface area contributed by atoms with Crippen molar-refractivity contribution in [2.24, 2.45) is 0 Å². The molecule has 0 amide bonds. The monoisotopic (exact) mass is 288 g/mol. The van der Waals surface area contributed by atoms with Gasteiger partial charge >= 0.3 is 0 Å². The van der Waals surface area contributed by atoms with E-state index in [0.29, 0.717) is 0 Å². The molecule has 0 saturated carbocycles. The molecule has 1 aromatic heterocycles. The van der Waals surface area contributed by atoms with Crippen LogP contribution in [0.3, 0.4) is 0 Å². The van der Waals surface area contributed by atoms with Crippen LogP contribution in [0, 0.1) is 0 Å². The lowest BCUT2D eigenvalue weighted by Crippen LogP contribution is -2.19. The van der Waals surface area contributed by atoms with Gasteiger partial charge in [-0.1, -0.05) is 29.4 Å². The van der Waals surface area contributed by atoms with E-state index in [9.17, 15) is 5.11 Å². The summed E-state index contributed by atoms with van der Waals surface area (Å²) in [5, 5.41) is 13.7. The predicted octanol–water partition coefficient (Wildman–Crippen LogP) is 3.01. The van der Waals surface area contributed by atoms with Crippen LogP contribution < -0.4 is 0 Å². The molecule has 0 radical (unpaired) electrons. The second kappa shape index (κ2) is 6.87. The summed E-state index contributed by atoms with van der Waals surface area (Å²) in [7, 11) is 2.07. The number of aryl methyl sites for hydroxylation is 1. The number of nitrogens with zero attached hydrogens (tertiary/aromatic N) is 2. The third-order valence-corrected chi connectivity index (χ3v) is 3.42. The molecule has 0 aliphatic rings. The van der Waals surface area contributed by atoms with E-state index in [0.717, 1.165) is 31.6 Å². The maximum absolute atomic E-state index is 9.75. The van der Waals surface area contributed by atoms with E-state index in [-0.39, 0.29) is 0 Å². The van der Waals surface area contributed by atoms with Gasteiger partial charge in [-0.15, -0.1) is 0 Å². The molecule has 0 atom stereocenters. The Hall–Kier alpha value is -1.65. The lowest BCUT2D eigenvalue weighted by Gasteiger charge is -2.17. The summed E-state index contributed by atoms with van der Waals surface area (Å²) < 4.78 is 4.84. The van der Waals surface area contributed by atoms with E-state index in [1.807, 2.05) is 19.9 Å². The fourth-order valence-corrected chi connectivity index (χ4v) is 2.22. The molecule has 1 heterocycles. The van der Waals surface area contributed by atoms with E-state index in [1.165, 1.54) is 11.1 Å². The molecule has 21 heavy (non-hydrogen) atoms. The summed E-state index contributed by atoms with van der Waals surface area (Å²) in [5.41, 5.74) is 2.88. The Morgan fingerprint density at radius 2 is 1.76 bits per heavy atom. The fraction of sp³-hybridized carbons (Fsp3) is 0.471. The molecule has 0 bridgehead atoms. The molecule has 4 nitrogen and oxygen atoms in total. The van der Waals surface area contributed by atoms with Crippen molar-refractivity contribution in [3.05, 3.63) is 53.4 Å². The minimum atomic E-state index is -0.601. The van der Waals surface area contributed by atoms with Gasteiger partial charge < -0.3 is 9.63 Å². The van der Waals surface area contributed by atoms with E-state index < -0.39 is 5.60 Å². The SMILES string of the molecule is CN(Cc1ccc(CCC(C)(C)O)cc1)Cc1ccon1. The first kappa shape index (κ1) is 15.7. The first-order chi connectivity index (χ1) is 9.92. The first-order valence-corrected chi connectivity index (χ1v) is 7.30. The molecule has 1 N–H and O–H groups in total. The van der Waals surface area contributed by atoms with E-state index in [1.54, 1.807) is 6.26 Å². The zero-order valence-corrected chi connectivity index (χ0v) is 13.0. The molecular weight excluding hydrogens is 264 g/mol. The summed E-state index contributed by atoms with van der Waals surface area (Å²) in [5.74, 6) is 0. The van der Waals surface area contributed by atoms with Gasteiger partial charge in [-0.3, -0.25) is 4.90 Å². The molecule has 0 aliphatic heterocycles. The average Bonchev–Trinajstić information content (AvgIpc) is 2.89. The Kier molecular flexibility index (Phi) is 5.15. The Morgan fingerprint density at radius 1 is 1.10 bits per heavy atom. The molecule has 1 aromatic carbocycles. The Bertz CT molecular complexity index is 527. The van der Waals surface area contributed by atoms with Gasteiger partial charge in [0.2, 0.25) is 0 Å². The zero-order valence-electron chi connectivity index (χ0n) is 13.0. The topological polar surface area (TPSA) is 49.5 Å². The van der Waals surface area contributed by atoms with Crippen LogP contribution in [0.5, 0.6) is 0 Å². The van der Waals surface area contributed by atoms with E-state index in [2.05, 4.69) is 41.4 Å². The Labute approximate surface area is 126 Å².